The minimum atomic E-state index is 0.0801. The minimum Gasteiger partial charge on any atom is -0.369 e. The molecule has 1 aromatic heterocycles. The van der Waals surface area contributed by atoms with E-state index in [1.165, 1.54) is 12.8 Å². The Hall–Kier alpha value is -2.63. The second kappa shape index (κ2) is 6.11. The van der Waals surface area contributed by atoms with Crippen LogP contribution in [0.25, 0.3) is 0 Å². The summed E-state index contributed by atoms with van der Waals surface area (Å²) in [5, 5.41) is 9.57. The van der Waals surface area contributed by atoms with E-state index in [4.69, 9.17) is 0 Å². The summed E-state index contributed by atoms with van der Waals surface area (Å²) in [6.45, 7) is 3.00. The van der Waals surface area contributed by atoms with E-state index in [2.05, 4.69) is 32.0 Å². The van der Waals surface area contributed by atoms with Crippen LogP contribution in [0.5, 0.6) is 0 Å². The van der Waals surface area contributed by atoms with Crippen LogP contribution in [0.3, 0.4) is 0 Å². The molecule has 0 unspecified atom stereocenters. The zero-order valence-corrected chi connectivity index (χ0v) is 13.7. The fraction of sp³-hybridized carbons (Fsp3) is 0.389. The number of hydrogen-bond acceptors (Lipinski definition) is 5. The van der Waals surface area contributed by atoms with E-state index in [9.17, 15) is 4.79 Å². The molecule has 6 nitrogen and oxygen atoms in total. The zero-order valence-electron chi connectivity index (χ0n) is 13.7. The molecule has 1 aliphatic carbocycles. The van der Waals surface area contributed by atoms with Gasteiger partial charge in [0, 0.05) is 36.1 Å². The summed E-state index contributed by atoms with van der Waals surface area (Å²) >= 11 is 0. The highest BCUT2D eigenvalue weighted by Gasteiger charge is 2.21. The third kappa shape index (κ3) is 3.32. The predicted octanol–water partition coefficient (Wildman–Crippen LogP) is 3.24. The molecule has 0 bridgehead atoms. The normalized spacial score (nSPS) is 16.3. The van der Waals surface area contributed by atoms with Crippen LogP contribution in [0.2, 0.25) is 0 Å². The Bertz CT molecular complexity index is 785. The van der Waals surface area contributed by atoms with Gasteiger partial charge in [0.25, 0.3) is 0 Å². The molecule has 1 aromatic carbocycles. The standard InChI is InChI=1S/C18H21N5O/c1-11-9-20-18(23-17(11)19-10-12-2-3-12)21-14-5-6-15-13(8-14)4-7-16(24)22-15/h5-6,8-9,12H,2-4,7,10H2,1H3,(H,22,24)(H2,19,20,21,23). The molecule has 1 aliphatic heterocycles. The number of carbonyl (C=O) groups is 1. The number of anilines is 4. The van der Waals surface area contributed by atoms with E-state index < -0.39 is 0 Å². The van der Waals surface area contributed by atoms with Crippen LogP contribution in [0.15, 0.2) is 24.4 Å². The summed E-state index contributed by atoms with van der Waals surface area (Å²) in [6, 6.07) is 5.91. The largest absolute Gasteiger partial charge is 0.369 e. The van der Waals surface area contributed by atoms with Gasteiger partial charge in [0.05, 0.1) is 0 Å². The Kier molecular flexibility index (Phi) is 3.80. The third-order valence-corrected chi connectivity index (χ3v) is 4.48. The fourth-order valence-electron chi connectivity index (χ4n) is 2.83. The van der Waals surface area contributed by atoms with Crippen LogP contribution in [0.4, 0.5) is 23.1 Å². The fourth-order valence-corrected chi connectivity index (χ4v) is 2.83. The smallest absolute Gasteiger partial charge is 0.229 e. The van der Waals surface area contributed by atoms with Crippen molar-refractivity contribution >= 4 is 29.0 Å². The van der Waals surface area contributed by atoms with Gasteiger partial charge in [-0.05, 0) is 55.9 Å². The molecule has 0 spiro atoms. The lowest BCUT2D eigenvalue weighted by atomic mass is 10.0. The second-order valence-electron chi connectivity index (χ2n) is 6.59. The highest BCUT2D eigenvalue weighted by molar-refractivity contribution is 5.94. The first-order chi connectivity index (χ1) is 11.7. The second-order valence-corrected chi connectivity index (χ2v) is 6.59. The number of fused-ring (bicyclic) bond motifs is 1. The molecule has 6 heteroatoms. The Labute approximate surface area is 141 Å². The molecule has 1 fully saturated rings. The maximum atomic E-state index is 11.4. The van der Waals surface area contributed by atoms with E-state index in [0.29, 0.717) is 12.4 Å². The lowest BCUT2D eigenvalue weighted by Gasteiger charge is -2.18. The maximum Gasteiger partial charge on any atom is 0.229 e. The SMILES string of the molecule is Cc1cnc(Nc2ccc3c(c2)CCC(=O)N3)nc1NCC1CC1. The number of amides is 1. The van der Waals surface area contributed by atoms with Gasteiger partial charge in [0.1, 0.15) is 5.82 Å². The van der Waals surface area contributed by atoms with Gasteiger partial charge in [0.2, 0.25) is 11.9 Å². The van der Waals surface area contributed by atoms with Crippen molar-refractivity contribution in [2.24, 2.45) is 5.92 Å². The Morgan fingerprint density at radius 1 is 1.29 bits per heavy atom. The van der Waals surface area contributed by atoms with Gasteiger partial charge in [-0.2, -0.15) is 4.98 Å². The zero-order chi connectivity index (χ0) is 16.5. The highest BCUT2D eigenvalue weighted by atomic mass is 16.1. The summed E-state index contributed by atoms with van der Waals surface area (Å²) in [5.41, 5.74) is 4.02. The van der Waals surface area contributed by atoms with Gasteiger partial charge in [-0.25, -0.2) is 4.98 Å². The molecule has 24 heavy (non-hydrogen) atoms. The van der Waals surface area contributed by atoms with Crippen molar-refractivity contribution in [2.75, 3.05) is 22.5 Å². The quantitative estimate of drug-likeness (QED) is 0.787. The average molecular weight is 323 g/mol. The number of benzene rings is 1. The number of hydrogen-bond donors (Lipinski definition) is 3. The van der Waals surface area contributed by atoms with E-state index in [0.717, 1.165) is 47.2 Å². The number of aryl methyl sites for hydroxylation is 2. The molecule has 2 aromatic rings. The van der Waals surface area contributed by atoms with Crippen molar-refractivity contribution in [1.29, 1.82) is 0 Å². The van der Waals surface area contributed by atoms with Gasteiger partial charge in [0.15, 0.2) is 0 Å². The van der Waals surface area contributed by atoms with E-state index >= 15 is 0 Å². The van der Waals surface area contributed by atoms with Crippen LogP contribution in [-0.2, 0) is 11.2 Å². The molecule has 3 N–H and O–H groups in total. The molecule has 2 heterocycles. The van der Waals surface area contributed by atoms with Gasteiger partial charge >= 0.3 is 0 Å². The number of aromatic nitrogens is 2. The number of nitrogens with zero attached hydrogens (tertiary/aromatic N) is 2. The van der Waals surface area contributed by atoms with E-state index in [-0.39, 0.29) is 5.91 Å². The molecule has 2 aliphatic rings. The van der Waals surface area contributed by atoms with Gasteiger partial charge < -0.3 is 16.0 Å². The van der Waals surface area contributed by atoms with Gasteiger partial charge in [-0.15, -0.1) is 0 Å². The Morgan fingerprint density at radius 3 is 3.00 bits per heavy atom. The van der Waals surface area contributed by atoms with Crippen LogP contribution >= 0.6 is 0 Å². The Balaban J connectivity index is 1.50. The van der Waals surface area contributed by atoms with E-state index in [1.807, 2.05) is 25.3 Å². The van der Waals surface area contributed by atoms with Crippen LogP contribution in [0, 0.1) is 12.8 Å². The van der Waals surface area contributed by atoms with Crippen molar-refractivity contribution < 1.29 is 4.79 Å². The first-order valence-corrected chi connectivity index (χ1v) is 8.45. The molecule has 4 rings (SSSR count). The summed E-state index contributed by atoms with van der Waals surface area (Å²) in [4.78, 5) is 20.4. The predicted molar refractivity (Wildman–Crippen MR) is 94.7 cm³/mol. The number of nitrogens with one attached hydrogen (secondary N) is 3. The first kappa shape index (κ1) is 14.9. The topological polar surface area (TPSA) is 78.9 Å². The molecule has 1 saturated carbocycles. The van der Waals surface area contributed by atoms with Crippen molar-refractivity contribution in [3.05, 3.63) is 35.5 Å². The Morgan fingerprint density at radius 2 is 2.17 bits per heavy atom. The monoisotopic (exact) mass is 323 g/mol. The summed E-state index contributed by atoms with van der Waals surface area (Å²) in [5.74, 6) is 2.35. The van der Waals surface area contributed by atoms with Crippen molar-refractivity contribution in [3.63, 3.8) is 0 Å². The molecule has 0 saturated heterocycles. The average Bonchev–Trinajstić information content (AvgIpc) is 3.40. The molecule has 1 amide bonds. The van der Waals surface area contributed by atoms with Crippen molar-refractivity contribution in [1.82, 2.24) is 9.97 Å². The van der Waals surface area contributed by atoms with Gasteiger partial charge in [-0.3, -0.25) is 4.79 Å². The number of carbonyl (C=O) groups excluding carboxylic acids is 1. The summed E-state index contributed by atoms with van der Waals surface area (Å²) < 4.78 is 0. The maximum absolute atomic E-state index is 11.4. The van der Waals surface area contributed by atoms with Crippen LogP contribution < -0.4 is 16.0 Å². The lowest BCUT2D eigenvalue weighted by Crippen LogP contribution is -2.18. The molecular weight excluding hydrogens is 302 g/mol. The van der Waals surface area contributed by atoms with Crippen LogP contribution in [-0.4, -0.2) is 22.4 Å². The summed E-state index contributed by atoms with van der Waals surface area (Å²) in [6.07, 6.45) is 5.76. The van der Waals surface area contributed by atoms with Crippen molar-refractivity contribution in [3.8, 4) is 0 Å². The minimum absolute atomic E-state index is 0.0801. The lowest BCUT2D eigenvalue weighted by molar-refractivity contribution is -0.116. The molecule has 0 radical (unpaired) electrons. The number of rotatable bonds is 5. The third-order valence-electron chi connectivity index (χ3n) is 4.48. The highest BCUT2D eigenvalue weighted by Crippen LogP contribution is 2.30. The van der Waals surface area contributed by atoms with Gasteiger partial charge in [-0.1, -0.05) is 0 Å². The first-order valence-electron chi connectivity index (χ1n) is 8.45. The van der Waals surface area contributed by atoms with Crippen molar-refractivity contribution in [2.45, 2.75) is 32.6 Å². The molecule has 124 valence electrons. The van der Waals surface area contributed by atoms with E-state index in [1.54, 1.807) is 0 Å². The molecular formula is C18H21N5O. The molecule has 0 atom stereocenters. The summed E-state index contributed by atoms with van der Waals surface area (Å²) in [7, 11) is 0. The van der Waals surface area contributed by atoms with Crippen LogP contribution in [0.1, 0.15) is 30.4 Å².